The van der Waals surface area contributed by atoms with Crippen molar-refractivity contribution in [3.8, 4) is 0 Å². The normalized spacial score (nSPS) is 29.6. The Morgan fingerprint density at radius 2 is 1.84 bits per heavy atom. The summed E-state index contributed by atoms with van der Waals surface area (Å²) < 4.78 is 0. The standard InChI is InChI=1S/C15H29N3O/c1-10(2)14(16)15(19)17-12-6-4-5-7-13(12)18(3)11-8-9-11/h10-14H,4-9,16H2,1-3H3,(H,17,19)/t12-,13-,14-/m0/s1. The Bertz CT molecular complexity index is 315. The van der Waals surface area contributed by atoms with Crippen LogP contribution in [-0.2, 0) is 4.79 Å². The lowest BCUT2D eigenvalue weighted by Gasteiger charge is -2.39. The Morgan fingerprint density at radius 3 is 2.42 bits per heavy atom. The highest BCUT2D eigenvalue weighted by molar-refractivity contribution is 5.82. The minimum atomic E-state index is -0.381. The number of hydrogen-bond donors (Lipinski definition) is 2. The third-order valence-electron chi connectivity index (χ3n) is 4.72. The first-order chi connectivity index (χ1) is 9.00. The minimum Gasteiger partial charge on any atom is -0.350 e. The molecule has 2 aliphatic carbocycles. The number of rotatable bonds is 5. The molecular formula is C15H29N3O. The second-order valence-corrected chi connectivity index (χ2v) is 6.63. The molecule has 0 aromatic carbocycles. The summed E-state index contributed by atoms with van der Waals surface area (Å²) in [4.78, 5) is 14.6. The maximum Gasteiger partial charge on any atom is 0.237 e. The highest BCUT2D eigenvalue weighted by Gasteiger charge is 2.37. The van der Waals surface area contributed by atoms with Crippen molar-refractivity contribution in [2.75, 3.05) is 7.05 Å². The zero-order valence-corrected chi connectivity index (χ0v) is 12.6. The summed E-state index contributed by atoms with van der Waals surface area (Å²) in [6.45, 7) is 4.00. The van der Waals surface area contributed by atoms with E-state index >= 15 is 0 Å². The third kappa shape index (κ3) is 3.69. The van der Waals surface area contributed by atoms with Crippen LogP contribution in [0.5, 0.6) is 0 Å². The van der Waals surface area contributed by atoms with Gasteiger partial charge in [0.25, 0.3) is 0 Å². The maximum atomic E-state index is 12.2. The van der Waals surface area contributed by atoms with Gasteiger partial charge in [0.15, 0.2) is 0 Å². The summed E-state index contributed by atoms with van der Waals surface area (Å²) in [5.74, 6) is 0.222. The van der Waals surface area contributed by atoms with Gasteiger partial charge in [0.1, 0.15) is 0 Å². The zero-order valence-electron chi connectivity index (χ0n) is 12.6. The molecule has 0 heterocycles. The van der Waals surface area contributed by atoms with Gasteiger partial charge in [-0.05, 0) is 38.6 Å². The van der Waals surface area contributed by atoms with Crippen LogP contribution >= 0.6 is 0 Å². The predicted molar refractivity (Wildman–Crippen MR) is 77.8 cm³/mol. The first-order valence-electron chi connectivity index (χ1n) is 7.78. The summed E-state index contributed by atoms with van der Waals surface area (Å²) in [6.07, 6.45) is 7.44. The van der Waals surface area contributed by atoms with Crippen molar-refractivity contribution in [3.05, 3.63) is 0 Å². The summed E-state index contributed by atoms with van der Waals surface area (Å²) in [7, 11) is 2.22. The molecule has 2 aliphatic rings. The fourth-order valence-electron chi connectivity index (χ4n) is 3.10. The van der Waals surface area contributed by atoms with Crippen LogP contribution in [0.2, 0.25) is 0 Å². The van der Waals surface area contributed by atoms with E-state index in [4.69, 9.17) is 5.73 Å². The molecule has 19 heavy (non-hydrogen) atoms. The van der Waals surface area contributed by atoms with Crippen LogP contribution in [0.1, 0.15) is 52.4 Å². The third-order valence-corrected chi connectivity index (χ3v) is 4.72. The summed E-state index contributed by atoms with van der Waals surface area (Å²) in [5, 5.41) is 3.21. The second kappa shape index (κ2) is 6.23. The zero-order chi connectivity index (χ0) is 14.0. The second-order valence-electron chi connectivity index (χ2n) is 6.63. The van der Waals surface area contributed by atoms with Gasteiger partial charge in [0.05, 0.1) is 6.04 Å². The van der Waals surface area contributed by atoms with Crippen LogP contribution in [0, 0.1) is 5.92 Å². The lowest BCUT2D eigenvalue weighted by Crippen LogP contribution is -2.56. The number of nitrogens with one attached hydrogen (secondary N) is 1. The Balaban J connectivity index is 1.93. The molecule has 2 fully saturated rings. The fraction of sp³-hybridized carbons (Fsp3) is 0.933. The Hall–Kier alpha value is -0.610. The number of likely N-dealkylation sites (N-methyl/N-ethyl adjacent to an activating group) is 1. The van der Waals surface area contributed by atoms with Crippen molar-refractivity contribution in [1.29, 1.82) is 0 Å². The molecule has 0 radical (unpaired) electrons. The summed E-state index contributed by atoms with van der Waals surface area (Å²) >= 11 is 0. The lowest BCUT2D eigenvalue weighted by atomic mass is 9.88. The minimum absolute atomic E-state index is 0.0242. The van der Waals surface area contributed by atoms with Gasteiger partial charge in [0, 0.05) is 18.1 Å². The highest BCUT2D eigenvalue weighted by Crippen LogP contribution is 2.32. The molecule has 0 saturated heterocycles. The largest absolute Gasteiger partial charge is 0.350 e. The van der Waals surface area contributed by atoms with Crippen LogP contribution in [0.4, 0.5) is 0 Å². The van der Waals surface area contributed by atoms with Crippen LogP contribution in [0.15, 0.2) is 0 Å². The maximum absolute atomic E-state index is 12.2. The van der Waals surface area contributed by atoms with Crippen molar-refractivity contribution < 1.29 is 4.79 Å². The molecule has 0 bridgehead atoms. The van der Waals surface area contributed by atoms with Gasteiger partial charge in [-0.25, -0.2) is 0 Å². The summed E-state index contributed by atoms with van der Waals surface area (Å²) in [6, 6.07) is 1.16. The molecule has 0 unspecified atom stereocenters. The molecule has 110 valence electrons. The van der Waals surface area contributed by atoms with Crippen LogP contribution in [0.3, 0.4) is 0 Å². The van der Waals surface area contributed by atoms with Gasteiger partial charge in [0.2, 0.25) is 5.91 Å². The average molecular weight is 267 g/mol. The van der Waals surface area contributed by atoms with E-state index in [2.05, 4.69) is 17.3 Å². The molecule has 4 nitrogen and oxygen atoms in total. The van der Waals surface area contributed by atoms with Crippen LogP contribution in [-0.4, -0.2) is 42.0 Å². The van der Waals surface area contributed by atoms with E-state index in [0.29, 0.717) is 6.04 Å². The first kappa shape index (κ1) is 14.8. The van der Waals surface area contributed by atoms with E-state index in [1.54, 1.807) is 0 Å². The molecule has 0 aliphatic heterocycles. The molecule has 2 saturated carbocycles. The van der Waals surface area contributed by atoms with Crippen molar-refractivity contribution in [2.45, 2.75) is 76.5 Å². The van der Waals surface area contributed by atoms with Gasteiger partial charge in [-0.2, -0.15) is 0 Å². The Kier molecular flexibility index (Phi) is 4.85. The molecule has 1 amide bonds. The molecule has 0 aromatic heterocycles. The lowest BCUT2D eigenvalue weighted by molar-refractivity contribution is -0.124. The quantitative estimate of drug-likeness (QED) is 0.793. The van der Waals surface area contributed by atoms with Gasteiger partial charge in [-0.15, -0.1) is 0 Å². The van der Waals surface area contributed by atoms with E-state index in [9.17, 15) is 4.79 Å². The van der Waals surface area contributed by atoms with Gasteiger partial charge in [-0.3, -0.25) is 9.69 Å². The topological polar surface area (TPSA) is 58.4 Å². The fourth-order valence-corrected chi connectivity index (χ4v) is 3.10. The van der Waals surface area contributed by atoms with Crippen LogP contribution < -0.4 is 11.1 Å². The number of amides is 1. The highest BCUT2D eigenvalue weighted by atomic mass is 16.2. The number of carbonyl (C=O) groups is 1. The van der Waals surface area contributed by atoms with Crippen molar-refractivity contribution in [1.82, 2.24) is 10.2 Å². The van der Waals surface area contributed by atoms with Gasteiger partial charge >= 0.3 is 0 Å². The predicted octanol–water partition coefficient (Wildman–Crippen LogP) is 1.49. The molecule has 4 heteroatoms. The molecule has 0 aromatic rings. The van der Waals surface area contributed by atoms with Crippen molar-refractivity contribution in [2.24, 2.45) is 11.7 Å². The van der Waals surface area contributed by atoms with Crippen molar-refractivity contribution >= 4 is 5.91 Å². The molecule has 2 rings (SSSR count). The summed E-state index contributed by atoms with van der Waals surface area (Å²) in [5.41, 5.74) is 5.95. The molecule has 0 spiro atoms. The van der Waals surface area contributed by atoms with Gasteiger partial charge < -0.3 is 11.1 Å². The smallest absolute Gasteiger partial charge is 0.237 e. The number of carbonyl (C=O) groups excluding carboxylic acids is 1. The molecular weight excluding hydrogens is 238 g/mol. The average Bonchev–Trinajstić information content (AvgIpc) is 3.21. The van der Waals surface area contributed by atoms with E-state index in [1.165, 1.54) is 32.1 Å². The Labute approximate surface area is 117 Å². The number of hydrogen-bond acceptors (Lipinski definition) is 3. The van der Waals surface area contributed by atoms with E-state index in [1.807, 2.05) is 13.8 Å². The van der Waals surface area contributed by atoms with Gasteiger partial charge in [-0.1, -0.05) is 26.7 Å². The SMILES string of the molecule is CC(C)[C@H](N)C(=O)N[C@H]1CCCC[C@@H]1N(C)C1CC1. The van der Waals surface area contributed by atoms with E-state index < -0.39 is 0 Å². The molecule has 3 N–H and O–H groups in total. The Morgan fingerprint density at radius 1 is 1.21 bits per heavy atom. The number of nitrogens with two attached hydrogens (primary N) is 1. The van der Waals surface area contributed by atoms with Crippen molar-refractivity contribution in [3.63, 3.8) is 0 Å². The molecule has 3 atom stereocenters. The van der Waals surface area contributed by atoms with Crippen LogP contribution in [0.25, 0.3) is 0 Å². The number of nitrogens with zero attached hydrogens (tertiary/aromatic N) is 1. The monoisotopic (exact) mass is 267 g/mol. The first-order valence-corrected chi connectivity index (χ1v) is 7.78. The van der Waals surface area contributed by atoms with E-state index in [0.717, 1.165) is 12.5 Å². The van der Waals surface area contributed by atoms with E-state index in [-0.39, 0.29) is 23.9 Å².